The molecule has 3 heteroatoms. The van der Waals surface area contributed by atoms with E-state index in [-0.39, 0.29) is 11.9 Å². The van der Waals surface area contributed by atoms with Crippen molar-refractivity contribution in [3.8, 4) is 0 Å². The molecule has 0 spiro atoms. The molecule has 1 heterocycles. The summed E-state index contributed by atoms with van der Waals surface area (Å²) in [5, 5.41) is 2.90. The second-order valence-electron chi connectivity index (χ2n) is 5.36. The van der Waals surface area contributed by atoms with Gasteiger partial charge in [-0.3, -0.25) is 4.79 Å². The largest absolute Gasteiger partial charge is 0.326 e. The van der Waals surface area contributed by atoms with Crippen LogP contribution in [0.5, 0.6) is 0 Å². The van der Waals surface area contributed by atoms with E-state index < -0.39 is 0 Å². The summed E-state index contributed by atoms with van der Waals surface area (Å²) in [5.74, 6) is 0.0910. The Morgan fingerprint density at radius 1 is 1.10 bits per heavy atom. The number of anilines is 1. The van der Waals surface area contributed by atoms with E-state index in [1.165, 1.54) is 11.1 Å². The van der Waals surface area contributed by atoms with E-state index in [9.17, 15) is 4.79 Å². The molecule has 1 unspecified atom stereocenters. The van der Waals surface area contributed by atoms with E-state index in [2.05, 4.69) is 36.5 Å². The fourth-order valence-corrected chi connectivity index (χ4v) is 2.65. The molecule has 0 aromatic heterocycles. The molecule has 0 saturated heterocycles. The van der Waals surface area contributed by atoms with E-state index in [0.29, 0.717) is 6.42 Å². The van der Waals surface area contributed by atoms with Crippen molar-refractivity contribution in [3.05, 3.63) is 64.7 Å². The fraction of sp³-hybridized carbons (Fsp3) is 0.235. The zero-order valence-electron chi connectivity index (χ0n) is 11.5. The molecule has 1 atom stereocenters. The van der Waals surface area contributed by atoms with Crippen molar-refractivity contribution in [3.63, 3.8) is 0 Å². The van der Waals surface area contributed by atoms with Gasteiger partial charge in [0.25, 0.3) is 0 Å². The fourth-order valence-electron chi connectivity index (χ4n) is 2.65. The van der Waals surface area contributed by atoms with Crippen molar-refractivity contribution in [1.29, 1.82) is 0 Å². The van der Waals surface area contributed by atoms with E-state index >= 15 is 0 Å². The predicted octanol–water partition coefficient (Wildman–Crippen LogP) is 2.93. The number of aryl methyl sites for hydroxylation is 2. The van der Waals surface area contributed by atoms with Crippen molar-refractivity contribution in [2.75, 3.05) is 5.32 Å². The number of hydrogen-bond acceptors (Lipinski definition) is 2. The van der Waals surface area contributed by atoms with Crippen LogP contribution in [0.2, 0.25) is 0 Å². The number of fused-ring (bicyclic) bond motifs is 1. The van der Waals surface area contributed by atoms with Gasteiger partial charge in [-0.1, -0.05) is 42.0 Å². The first-order chi connectivity index (χ1) is 9.63. The van der Waals surface area contributed by atoms with Crippen LogP contribution in [0.1, 0.15) is 34.7 Å². The van der Waals surface area contributed by atoms with Gasteiger partial charge in [-0.15, -0.1) is 0 Å². The van der Waals surface area contributed by atoms with E-state index in [1.54, 1.807) is 0 Å². The minimum Gasteiger partial charge on any atom is -0.326 e. The third kappa shape index (κ3) is 2.45. The van der Waals surface area contributed by atoms with Crippen LogP contribution in [0, 0.1) is 6.92 Å². The normalized spacial score (nSPS) is 15.4. The molecular weight excluding hydrogens is 248 g/mol. The van der Waals surface area contributed by atoms with Crippen molar-refractivity contribution < 1.29 is 4.79 Å². The van der Waals surface area contributed by atoms with Gasteiger partial charge in [-0.2, -0.15) is 0 Å². The van der Waals surface area contributed by atoms with Crippen molar-refractivity contribution in [2.45, 2.75) is 25.8 Å². The van der Waals surface area contributed by atoms with Gasteiger partial charge in [-0.25, -0.2) is 0 Å². The van der Waals surface area contributed by atoms with Crippen LogP contribution in [0.3, 0.4) is 0 Å². The number of amides is 1. The molecule has 102 valence electrons. The number of rotatable bonds is 2. The Kier molecular flexibility index (Phi) is 3.28. The Hall–Kier alpha value is -2.13. The van der Waals surface area contributed by atoms with Crippen LogP contribution >= 0.6 is 0 Å². The van der Waals surface area contributed by atoms with Crippen LogP contribution in [-0.2, 0) is 11.2 Å². The highest BCUT2D eigenvalue weighted by Gasteiger charge is 2.17. The molecule has 3 nitrogen and oxygen atoms in total. The lowest BCUT2D eigenvalue weighted by molar-refractivity contribution is -0.116. The van der Waals surface area contributed by atoms with Gasteiger partial charge in [0.15, 0.2) is 0 Å². The summed E-state index contributed by atoms with van der Waals surface area (Å²) in [7, 11) is 0. The second kappa shape index (κ2) is 5.10. The average Bonchev–Trinajstić information content (AvgIpc) is 2.46. The maximum Gasteiger partial charge on any atom is 0.224 e. The lowest BCUT2D eigenvalue weighted by Gasteiger charge is -2.20. The number of benzene rings is 2. The van der Waals surface area contributed by atoms with Gasteiger partial charge in [0.2, 0.25) is 5.91 Å². The Morgan fingerprint density at radius 3 is 2.70 bits per heavy atom. The highest BCUT2D eigenvalue weighted by Crippen LogP contribution is 2.28. The standard InChI is InChI=1S/C17H18N2O/c1-11-3-2-4-13(9-11)17(18)14-5-7-15-12(10-14)6-8-16(20)19-15/h2-5,7,9-10,17H,6,8,18H2,1H3,(H,19,20). The number of carbonyl (C=O) groups excluding carboxylic acids is 1. The van der Waals surface area contributed by atoms with E-state index in [1.807, 2.05) is 18.2 Å². The quantitative estimate of drug-likeness (QED) is 0.878. The monoisotopic (exact) mass is 266 g/mol. The first kappa shape index (κ1) is 12.9. The molecule has 0 fully saturated rings. The molecule has 2 aromatic rings. The SMILES string of the molecule is Cc1cccc(C(N)c2ccc3c(c2)CCC(=O)N3)c1. The molecule has 3 rings (SSSR count). The van der Waals surface area contributed by atoms with Crippen LogP contribution in [-0.4, -0.2) is 5.91 Å². The minimum absolute atomic E-state index is 0.0910. The van der Waals surface area contributed by atoms with Crippen LogP contribution in [0.15, 0.2) is 42.5 Å². The van der Waals surface area contributed by atoms with Gasteiger partial charge < -0.3 is 11.1 Å². The van der Waals surface area contributed by atoms with Crippen LogP contribution in [0.25, 0.3) is 0 Å². The van der Waals surface area contributed by atoms with Gasteiger partial charge >= 0.3 is 0 Å². The molecule has 1 amide bonds. The highest BCUT2D eigenvalue weighted by molar-refractivity contribution is 5.93. The molecule has 1 aliphatic rings. The molecule has 20 heavy (non-hydrogen) atoms. The second-order valence-corrected chi connectivity index (χ2v) is 5.36. The number of nitrogens with two attached hydrogens (primary N) is 1. The number of hydrogen-bond donors (Lipinski definition) is 2. The minimum atomic E-state index is -0.127. The molecule has 0 saturated carbocycles. The maximum absolute atomic E-state index is 11.4. The zero-order chi connectivity index (χ0) is 14.1. The Bertz CT molecular complexity index is 664. The van der Waals surface area contributed by atoms with Crippen molar-refractivity contribution >= 4 is 11.6 Å². The topological polar surface area (TPSA) is 55.1 Å². The first-order valence-corrected chi connectivity index (χ1v) is 6.88. The summed E-state index contributed by atoms with van der Waals surface area (Å²) in [5.41, 5.74) is 11.9. The lowest BCUT2D eigenvalue weighted by Crippen LogP contribution is -2.20. The molecule has 0 bridgehead atoms. The summed E-state index contributed by atoms with van der Waals surface area (Å²) in [4.78, 5) is 11.4. The van der Waals surface area contributed by atoms with Crippen LogP contribution < -0.4 is 11.1 Å². The Balaban J connectivity index is 1.93. The first-order valence-electron chi connectivity index (χ1n) is 6.88. The molecule has 3 N–H and O–H groups in total. The summed E-state index contributed by atoms with van der Waals surface area (Å²) in [6.45, 7) is 2.07. The van der Waals surface area contributed by atoms with Crippen molar-refractivity contribution in [1.82, 2.24) is 0 Å². The Labute approximate surface area is 118 Å². The van der Waals surface area contributed by atoms with Crippen molar-refractivity contribution in [2.24, 2.45) is 5.73 Å². The van der Waals surface area contributed by atoms with Gasteiger partial charge in [0.05, 0.1) is 6.04 Å². The van der Waals surface area contributed by atoms with Gasteiger partial charge in [-0.05, 0) is 36.1 Å². The number of carbonyl (C=O) groups is 1. The summed E-state index contributed by atoms with van der Waals surface area (Å²) < 4.78 is 0. The molecule has 1 aliphatic heterocycles. The lowest BCUT2D eigenvalue weighted by atomic mass is 9.94. The smallest absolute Gasteiger partial charge is 0.224 e. The van der Waals surface area contributed by atoms with Crippen LogP contribution in [0.4, 0.5) is 5.69 Å². The average molecular weight is 266 g/mol. The predicted molar refractivity (Wildman–Crippen MR) is 80.6 cm³/mol. The summed E-state index contributed by atoms with van der Waals surface area (Å²) >= 11 is 0. The van der Waals surface area contributed by atoms with E-state index in [4.69, 9.17) is 5.73 Å². The molecular formula is C17H18N2O. The molecule has 0 aliphatic carbocycles. The summed E-state index contributed by atoms with van der Waals surface area (Å²) in [6, 6.07) is 14.2. The third-order valence-electron chi connectivity index (χ3n) is 3.79. The Morgan fingerprint density at radius 2 is 1.90 bits per heavy atom. The molecule has 2 aromatic carbocycles. The van der Waals surface area contributed by atoms with Gasteiger partial charge in [0.1, 0.15) is 0 Å². The summed E-state index contributed by atoms with van der Waals surface area (Å²) in [6.07, 6.45) is 1.34. The van der Waals surface area contributed by atoms with Gasteiger partial charge in [0, 0.05) is 12.1 Å². The van der Waals surface area contributed by atoms with E-state index in [0.717, 1.165) is 23.2 Å². The molecule has 0 radical (unpaired) electrons. The number of nitrogens with one attached hydrogen (secondary N) is 1. The maximum atomic E-state index is 11.4. The highest BCUT2D eigenvalue weighted by atomic mass is 16.1. The third-order valence-corrected chi connectivity index (χ3v) is 3.79. The zero-order valence-corrected chi connectivity index (χ0v) is 11.5.